The molecule has 0 aliphatic rings. The minimum atomic E-state index is -2.22. The zero-order valence-corrected chi connectivity index (χ0v) is 23.5. The molecule has 3 rings (SSSR count). The van der Waals surface area contributed by atoms with E-state index in [-0.39, 0.29) is 41.0 Å². The second-order valence-corrected chi connectivity index (χ2v) is 9.67. The summed E-state index contributed by atoms with van der Waals surface area (Å²) in [6.45, 7) is 0.955. The number of alkyl halides is 2. The molecule has 3 aromatic rings. The van der Waals surface area contributed by atoms with Gasteiger partial charge in [0.1, 0.15) is 24.0 Å². The number of halogens is 3. The second kappa shape index (κ2) is 14.5. The summed E-state index contributed by atoms with van der Waals surface area (Å²) in [6, 6.07) is 20.0. The van der Waals surface area contributed by atoms with Crippen LogP contribution in [0.1, 0.15) is 22.8 Å². The van der Waals surface area contributed by atoms with Crippen molar-refractivity contribution in [2.24, 2.45) is 0 Å². The van der Waals surface area contributed by atoms with Gasteiger partial charge in [-0.2, -0.15) is 0 Å². The molecular weight excluding hydrogens is 555 g/mol. The van der Waals surface area contributed by atoms with Crippen LogP contribution in [0.2, 0.25) is 5.02 Å². The molecule has 0 fully saturated rings. The van der Waals surface area contributed by atoms with Gasteiger partial charge in [0.05, 0.1) is 20.3 Å². The summed E-state index contributed by atoms with van der Waals surface area (Å²) >= 11 is 20.1. The summed E-state index contributed by atoms with van der Waals surface area (Å²) < 4.78 is 30.9. The van der Waals surface area contributed by atoms with Crippen LogP contribution in [0.4, 0.5) is 0 Å². The van der Waals surface area contributed by atoms with E-state index in [1.54, 1.807) is 14.2 Å². The molecule has 0 bridgehead atoms. The smallest absolute Gasteiger partial charge is 0.348 e. The van der Waals surface area contributed by atoms with Gasteiger partial charge in [0.25, 0.3) is 0 Å². The largest absolute Gasteiger partial charge is 0.495 e. The third kappa shape index (κ3) is 7.24. The van der Waals surface area contributed by atoms with Crippen LogP contribution in [0.15, 0.2) is 66.7 Å². The topological polar surface area (TPSA) is 72.5 Å². The number of benzene rings is 3. The van der Waals surface area contributed by atoms with E-state index in [0.29, 0.717) is 13.2 Å². The lowest BCUT2D eigenvalue weighted by Gasteiger charge is -2.27. The number of carbonyl (C=O) groups excluding carboxylic acids is 1. The normalized spacial score (nSPS) is 11.3. The first-order valence-electron chi connectivity index (χ1n) is 11.7. The van der Waals surface area contributed by atoms with E-state index in [4.69, 9.17) is 63.2 Å². The lowest BCUT2D eigenvalue weighted by molar-refractivity contribution is -0.148. The molecule has 0 aliphatic heterocycles. The fourth-order valence-electron chi connectivity index (χ4n) is 3.60. The maximum atomic E-state index is 13.6. The van der Waals surface area contributed by atoms with Crippen molar-refractivity contribution in [3.05, 3.63) is 88.4 Å². The first kappa shape index (κ1) is 29.9. The Hall–Kier alpha value is -2.68. The molecule has 0 saturated heterocycles. The van der Waals surface area contributed by atoms with Gasteiger partial charge in [0.2, 0.25) is 4.33 Å². The van der Waals surface area contributed by atoms with Crippen LogP contribution in [0, 0.1) is 0 Å². The molecule has 0 heterocycles. The van der Waals surface area contributed by atoms with Crippen molar-refractivity contribution < 1.29 is 33.2 Å². The molecule has 0 atom stereocenters. The zero-order chi connectivity index (χ0) is 27.5. The Labute approximate surface area is 237 Å². The molecule has 204 valence electrons. The van der Waals surface area contributed by atoms with Gasteiger partial charge in [-0.25, -0.2) is 4.79 Å². The van der Waals surface area contributed by atoms with E-state index < -0.39 is 16.4 Å². The Kier molecular flexibility index (Phi) is 11.4. The molecule has 0 aliphatic carbocycles. The molecule has 3 aromatic carbocycles. The van der Waals surface area contributed by atoms with E-state index >= 15 is 0 Å². The van der Waals surface area contributed by atoms with Crippen LogP contribution in [0.5, 0.6) is 17.2 Å². The monoisotopic (exact) mass is 582 g/mol. The highest BCUT2D eigenvalue weighted by Crippen LogP contribution is 2.51. The summed E-state index contributed by atoms with van der Waals surface area (Å²) in [6.07, 6.45) is -0.766. The van der Waals surface area contributed by atoms with E-state index in [0.717, 1.165) is 11.1 Å². The number of methoxy groups -OCH3 is 3. The Morgan fingerprint density at radius 2 is 1.32 bits per heavy atom. The van der Waals surface area contributed by atoms with Crippen molar-refractivity contribution in [1.29, 1.82) is 0 Å². The average molecular weight is 584 g/mol. The number of hydrogen-bond donors (Lipinski definition) is 0. The number of esters is 1. The van der Waals surface area contributed by atoms with Crippen molar-refractivity contribution in [3.8, 4) is 17.2 Å². The van der Waals surface area contributed by atoms with Crippen molar-refractivity contribution >= 4 is 40.8 Å². The number of hydrogen-bond acceptors (Lipinski definition) is 7. The highest BCUT2D eigenvalue weighted by atomic mass is 35.5. The van der Waals surface area contributed by atoms with Crippen molar-refractivity contribution in [1.82, 2.24) is 0 Å². The van der Waals surface area contributed by atoms with E-state index in [1.807, 2.05) is 60.7 Å². The molecular formula is C28H29Cl3O7. The lowest BCUT2D eigenvalue weighted by Crippen LogP contribution is -2.29. The molecule has 0 N–H and O–H groups in total. The number of rotatable bonds is 14. The first-order chi connectivity index (χ1) is 18.3. The Morgan fingerprint density at radius 3 is 1.82 bits per heavy atom. The summed E-state index contributed by atoms with van der Waals surface area (Å²) in [7, 11) is 4.46. The quantitative estimate of drug-likeness (QED) is 0.124. The van der Waals surface area contributed by atoms with Crippen LogP contribution in [-0.2, 0) is 23.3 Å². The predicted octanol–water partition coefficient (Wildman–Crippen LogP) is 6.36. The molecule has 0 radical (unpaired) electrons. The van der Waals surface area contributed by atoms with Gasteiger partial charge in [-0.1, -0.05) is 95.5 Å². The summed E-state index contributed by atoms with van der Waals surface area (Å²) in [5.74, 6) is -0.510. The zero-order valence-electron chi connectivity index (χ0n) is 21.2. The maximum Gasteiger partial charge on any atom is 0.348 e. The molecule has 0 saturated carbocycles. The molecule has 0 unspecified atom stereocenters. The summed E-state index contributed by atoms with van der Waals surface area (Å²) in [4.78, 5) is 13.6. The van der Waals surface area contributed by atoms with Crippen LogP contribution >= 0.6 is 34.8 Å². The highest BCUT2D eigenvalue weighted by Gasteiger charge is 2.44. The molecule has 0 aromatic heterocycles. The number of carbonyl (C=O) groups is 1. The Morgan fingerprint density at radius 1 is 0.789 bits per heavy atom. The Bertz CT molecular complexity index is 1130. The Balaban J connectivity index is 2.02. The van der Waals surface area contributed by atoms with Gasteiger partial charge < -0.3 is 28.4 Å². The molecule has 7 nitrogen and oxygen atoms in total. The van der Waals surface area contributed by atoms with E-state index in [1.165, 1.54) is 13.2 Å². The fourth-order valence-corrected chi connectivity index (χ4v) is 4.30. The SMILES string of the molecule is COCCOc1cc(C(Cl)(Cl)C(=O)OC(c2ccccc2)c2ccccc2)c(OC)c(Cl)c1OCCOC. The average Bonchev–Trinajstić information content (AvgIpc) is 2.93. The molecule has 10 heteroatoms. The summed E-state index contributed by atoms with van der Waals surface area (Å²) in [5.41, 5.74) is 1.52. The van der Waals surface area contributed by atoms with Gasteiger partial charge in [-0.15, -0.1) is 0 Å². The van der Waals surface area contributed by atoms with Gasteiger partial charge >= 0.3 is 5.97 Å². The third-order valence-corrected chi connectivity index (χ3v) is 6.51. The van der Waals surface area contributed by atoms with Crippen LogP contribution in [-0.4, -0.2) is 53.7 Å². The van der Waals surface area contributed by atoms with Gasteiger partial charge in [-0.05, 0) is 17.2 Å². The van der Waals surface area contributed by atoms with E-state index in [2.05, 4.69) is 0 Å². The van der Waals surface area contributed by atoms with Gasteiger partial charge in [0, 0.05) is 19.8 Å². The molecule has 0 amide bonds. The van der Waals surface area contributed by atoms with Crippen LogP contribution in [0.3, 0.4) is 0 Å². The van der Waals surface area contributed by atoms with Crippen molar-refractivity contribution in [3.63, 3.8) is 0 Å². The minimum Gasteiger partial charge on any atom is -0.495 e. The summed E-state index contributed by atoms with van der Waals surface area (Å²) in [5, 5.41) is 0.0228. The lowest BCUT2D eigenvalue weighted by atomic mass is 10.0. The predicted molar refractivity (Wildman–Crippen MR) is 147 cm³/mol. The van der Waals surface area contributed by atoms with Crippen LogP contribution < -0.4 is 14.2 Å². The number of ether oxygens (including phenoxy) is 6. The molecule has 0 spiro atoms. The second-order valence-electron chi connectivity index (χ2n) is 7.96. The van der Waals surface area contributed by atoms with Crippen molar-refractivity contribution in [2.75, 3.05) is 47.8 Å². The maximum absolute atomic E-state index is 13.6. The molecule has 38 heavy (non-hydrogen) atoms. The van der Waals surface area contributed by atoms with Gasteiger partial charge in [0.15, 0.2) is 17.6 Å². The highest BCUT2D eigenvalue weighted by molar-refractivity contribution is 6.57. The van der Waals surface area contributed by atoms with Crippen molar-refractivity contribution in [2.45, 2.75) is 10.4 Å². The fraction of sp³-hybridized carbons (Fsp3) is 0.321. The van der Waals surface area contributed by atoms with Gasteiger partial charge in [-0.3, -0.25) is 0 Å². The van der Waals surface area contributed by atoms with E-state index in [9.17, 15) is 4.79 Å². The minimum absolute atomic E-state index is 0.0228. The van der Waals surface area contributed by atoms with Crippen LogP contribution in [0.25, 0.3) is 0 Å². The standard InChI is InChI=1S/C28H29Cl3O7/c1-33-14-16-36-22-18-21(25(35-3)23(29)26(22)37-17-15-34-2)28(30,31)27(32)38-24(19-10-6-4-7-11-19)20-12-8-5-9-13-20/h4-13,18,24H,14-17H2,1-3H3. The third-order valence-electron chi connectivity index (χ3n) is 5.45. The first-order valence-corrected chi connectivity index (χ1v) is 12.8.